The van der Waals surface area contributed by atoms with E-state index in [1.54, 1.807) is 11.8 Å². The minimum Gasteiger partial charge on any atom is -0.481 e. The summed E-state index contributed by atoms with van der Waals surface area (Å²) in [6, 6.07) is -0.761. The quantitative estimate of drug-likeness (QED) is 0.710. The Balaban J connectivity index is 1.67. The van der Waals surface area contributed by atoms with Crippen LogP contribution in [0, 0.1) is 30.1 Å². The lowest BCUT2D eigenvalue weighted by Crippen LogP contribution is -2.60. The molecule has 2 aliphatic heterocycles. The van der Waals surface area contributed by atoms with Crippen molar-refractivity contribution in [1.82, 2.24) is 9.97 Å². The van der Waals surface area contributed by atoms with Gasteiger partial charge in [-0.25, -0.2) is 4.98 Å². The van der Waals surface area contributed by atoms with Gasteiger partial charge in [-0.3, -0.25) is 4.79 Å². The number of piperidine rings is 1. The second-order valence-electron chi connectivity index (χ2n) is 7.85. The molecule has 3 aliphatic rings. The van der Waals surface area contributed by atoms with Crippen LogP contribution in [0.1, 0.15) is 24.6 Å². The number of alkyl halides is 3. The van der Waals surface area contributed by atoms with Gasteiger partial charge in [0.25, 0.3) is 0 Å². The van der Waals surface area contributed by atoms with Crippen LogP contribution in [0.2, 0.25) is 0 Å². The monoisotopic (exact) mass is 410 g/mol. The van der Waals surface area contributed by atoms with E-state index >= 15 is 0 Å². The molecule has 0 aromatic carbocycles. The van der Waals surface area contributed by atoms with E-state index in [2.05, 4.69) is 15.9 Å². The van der Waals surface area contributed by atoms with E-state index in [0.29, 0.717) is 13.1 Å². The van der Waals surface area contributed by atoms with Gasteiger partial charge in [-0.1, -0.05) is 12.8 Å². The van der Waals surface area contributed by atoms with E-state index in [1.807, 2.05) is 0 Å². The minimum atomic E-state index is -4.65. The third-order valence-electron chi connectivity index (χ3n) is 6.19. The smallest absolute Gasteiger partial charge is 0.433 e. The van der Waals surface area contributed by atoms with Crippen LogP contribution in [-0.2, 0) is 17.4 Å². The molecule has 0 amide bonds. The highest BCUT2D eigenvalue weighted by atomic mass is 19.4. The van der Waals surface area contributed by atoms with Crippen LogP contribution in [0.15, 0.2) is 0 Å². The molecule has 0 bridgehead atoms. The number of aliphatic hydroxyl groups excluding tert-OH is 1. The molecule has 2 saturated heterocycles. The Morgan fingerprint density at radius 3 is 2.41 bits per heavy atom. The van der Waals surface area contributed by atoms with Crippen LogP contribution in [0.4, 0.5) is 24.9 Å². The molecule has 1 aromatic heterocycles. The normalized spacial score (nSPS) is 30.6. The zero-order valence-corrected chi connectivity index (χ0v) is 15.7. The first-order valence-corrected chi connectivity index (χ1v) is 9.51. The zero-order chi connectivity index (χ0) is 21.1. The molecule has 3 heterocycles. The summed E-state index contributed by atoms with van der Waals surface area (Å²) in [6.45, 7) is 2.65. The van der Waals surface area contributed by atoms with Crippen molar-refractivity contribution in [3.63, 3.8) is 0 Å². The highest BCUT2D eigenvalue weighted by molar-refractivity contribution is 5.68. The van der Waals surface area contributed by atoms with Gasteiger partial charge >= 0.3 is 12.1 Å². The molecule has 1 aromatic rings. The fraction of sp³-hybridized carbons (Fsp3) is 0.632. The second-order valence-corrected chi connectivity index (χ2v) is 7.85. The third kappa shape index (κ3) is 3.27. The summed E-state index contributed by atoms with van der Waals surface area (Å²) in [5.74, 6) is 1.99. The fourth-order valence-corrected chi connectivity index (χ4v) is 4.63. The number of rotatable bonds is 5. The number of terminal acetylenes is 1. The molecule has 5 atom stereocenters. The molecular formula is C19H21F3N4O3. The van der Waals surface area contributed by atoms with Crippen LogP contribution < -0.4 is 9.80 Å². The van der Waals surface area contributed by atoms with Crippen molar-refractivity contribution in [3.8, 4) is 12.3 Å². The Morgan fingerprint density at radius 2 is 1.93 bits per heavy atom. The van der Waals surface area contributed by atoms with Gasteiger partial charge in [0, 0.05) is 25.1 Å². The maximum absolute atomic E-state index is 13.7. The predicted molar refractivity (Wildman–Crippen MR) is 97.3 cm³/mol. The van der Waals surface area contributed by atoms with Crippen molar-refractivity contribution in [2.75, 3.05) is 29.4 Å². The van der Waals surface area contributed by atoms with E-state index in [9.17, 15) is 23.1 Å². The van der Waals surface area contributed by atoms with E-state index in [1.165, 1.54) is 4.90 Å². The number of carboxylic acids is 1. The van der Waals surface area contributed by atoms with Gasteiger partial charge in [-0.2, -0.15) is 18.2 Å². The molecule has 4 rings (SSSR count). The molecule has 2 N–H and O–H groups in total. The Hall–Kier alpha value is -2.54. The summed E-state index contributed by atoms with van der Waals surface area (Å²) in [5, 5.41) is 18.7. The number of aromatic nitrogens is 2. The molecule has 156 valence electrons. The number of aliphatic carboxylic acids is 1. The molecular weight excluding hydrogens is 389 g/mol. The number of anilines is 2. The topological polar surface area (TPSA) is 89.8 Å². The number of aliphatic hydroxyl groups is 1. The number of carbonyl (C=O) groups is 1. The van der Waals surface area contributed by atoms with Gasteiger partial charge in [0.1, 0.15) is 18.0 Å². The molecule has 0 spiro atoms. The molecule has 0 radical (unpaired) electrons. The number of β-amino-alcohol motifs (C(OH)–C–C–N with tert-alkyl or cyclic N) is 1. The maximum Gasteiger partial charge on any atom is 0.433 e. The number of hydrogen-bond acceptors (Lipinski definition) is 6. The number of carboxylic acid groups (broad SMARTS) is 1. The Bertz CT molecular complexity index is 873. The number of halogens is 3. The first kappa shape index (κ1) is 19.8. The van der Waals surface area contributed by atoms with Crippen LogP contribution in [0.5, 0.6) is 0 Å². The van der Waals surface area contributed by atoms with Crippen molar-refractivity contribution in [1.29, 1.82) is 0 Å². The van der Waals surface area contributed by atoms with Gasteiger partial charge in [0.15, 0.2) is 5.69 Å². The van der Waals surface area contributed by atoms with Crippen LogP contribution in [0.25, 0.3) is 0 Å². The van der Waals surface area contributed by atoms with Crippen LogP contribution >= 0.6 is 0 Å². The predicted octanol–water partition coefficient (Wildman–Crippen LogP) is 1.40. The summed E-state index contributed by atoms with van der Waals surface area (Å²) < 4.78 is 41.2. The molecule has 1 aliphatic carbocycles. The van der Waals surface area contributed by atoms with Gasteiger partial charge in [0.2, 0.25) is 5.95 Å². The molecule has 29 heavy (non-hydrogen) atoms. The van der Waals surface area contributed by atoms with Crippen molar-refractivity contribution in [3.05, 3.63) is 11.3 Å². The maximum atomic E-state index is 13.7. The third-order valence-corrected chi connectivity index (χ3v) is 6.19. The highest BCUT2D eigenvalue weighted by Crippen LogP contribution is 2.54. The summed E-state index contributed by atoms with van der Waals surface area (Å²) in [6.07, 6.45) is 0.0943. The van der Waals surface area contributed by atoms with Gasteiger partial charge in [-0.15, -0.1) is 6.42 Å². The van der Waals surface area contributed by atoms with Gasteiger partial charge < -0.3 is 20.0 Å². The van der Waals surface area contributed by atoms with Crippen LogP contribution in [-0.4, -0.2) is 57.9 Å². The number of fused-ring (bicyclic) bond motifs is 1. The van der Waals surface area contributed by atoms with E-state index < -0.39 is 30.0 Å². The highest BCUT2D eigenvalue weighted by Gasteiger charge is 2.57. The second kappa shape index (κ2) is 6.76. The number of hydrogen-bond donors (Lipinski definition) is 2. The molecule has 10 heteroatoms. The first-order chi connectivity index (χ1) is 13.7. The summed E-state index contributed by atoms with van der Waals surface area (Å²) in [4.78, 5) is 22.3. The van der Waals surface area contributed by atoms with Crippen molar-refractivity contribution >= 4 is 17.7 Å². The van der Waals surface area contributed by atoms with E-state index in [-0.39, 0.29) is 54.5 Å². The summed E-state index contributed by atoms with van der Waals surface area (Å²) >= 11 is 0. The Morgan fingerprint density at radius 1 is 1.28 bits per heavy atom. The molecule has 0 unspecified atom stereocenters. The average molecular weight is 410 g/mol. The van der Waals surface area contributed by atoms with Gasteiger partial charge in [-0.05, 0) is 24.2 Å². The average Bonchev–Trinajstić information content (AvgIpc) is 3.07. The summed E-state index contributed by atoms with van der Waals surface area (Å²) in [7, 11) is 0. The molecule has 7 nitrogen and oxygen atoms in total. The zero-order valence-electron chi connectivity index (χ0n) is 15.7. The van der Waals surface area contributed by atoms with Crippen LogP contribution in [0.3, 0.4) is 0 Å². The van der Waals surface area contributed by atoms with Crippen molar-refractivity contribution < 1.29 is 28.2 Å². The Labute approximate surface area is 165 Å². The lowest BCUT2D eigenvalue weighted by molar-refractivity contribution is -0.142. The standard InChI is InChI=1S/C19H21F3N4O3/c1-3-9-16(19(20,21)22)23-18(26-8-14(27)13(26)4-2)24-17(9)25-6-11-10(5-15(28)29)12(11)7-25/h2,10-14,27H,3,5-8H2,1H3,(H,28,29)/t10-,11-,12+,13-,14+/m0/s1. The minimum absolute atomic E-state index is 0.0238. The first-order valence-electron chi connectivity index (χ1n) is 9.51. The van der Waals surface area contributed by atoms with Crippen molar-refractivity contribution in [2.24, 2.45) is 17.8 Å². The number of nitrogens with zero attached hydrogens (tertiary/aromatic N) is 4. The van der Waals surface area contributed by atoms with E-state index in [0.717, 1.165) is 0 Å². The lowest BCUT2D eigenvalue weighted by atomic mass is 10.0. The van der Waals surface area contributed by atoms with Gasteiger partial charge in [0.05, 0.1) is 6.54 Å². The molecule has 1 saturated carbocycles. The summed E-state index contributed by atoms with van der Waals surface area (Å²) in [5.41, 5.74) is -0.963. The molecule has 3 fully saturated rings. The SMILES string of the molecule is C#C[C@H]1[C@H](O)CN1c1nc(N2C[C@@H]3[C@@H](CC(=O)O)[C@@H]3C2)c(CC)c(C(F)(F)F)n1. The van der Waals surface area contributed by atoms with Crippen molar-refractivity contribution in [2.45, 2.75) is 38.1 Å². The Kier molecular flexibility index (Phi) is 4.61. The fourth-order valence-electron chi connectivity index (χ4n) is 4.63. The lowest BCUT2D eigenvalue weighted by Gasteiger charge is -2.42. The van der Waals surface area contributed by atoms with E-state index in [4.69, 9.17) is 11.5 Å². The largest absolute Gasteiger partial charge is 0.481 e.